The number of hydrogen-bond donors (Lipinski definition) is 2. The van der Waals surface area contributed by atoms with Crippen LogP contribution in [0.3, 0.4) is 0 Å². The first-order chi connectivity index (χ1) is 8.19. The summed E-state index contributed by atoms with van der Waals surface area (Å²) in [5, 5.41) is 12.6. The van der Waals surface area contributed by atoms with Gasteiger partial charge in [0.15, 0.2) is 0 Å². The van der Waals surface area contributed by atoms with Crippen LogP contribution < -0.4 is 10.1 Å². The van der Waals surface area contributed by atoms with Crippen molar-refractivity contribution in [3.05, 3.63) is 12.3 Å². The van der Waals surface area contributed by atoms with Crippen molar-refractivity contribution in [1.82, 2.24) is 9.97 Å². The van der Waals surface area contributed by atoms with Gasteiger partial charge in [0, 0.05) is 12.3 Å². The Morgan fingerprint density at radius 3 is 2.59 bits per heavy atom. The molecule has 0 saturated heterocycles. The number of ether oxygens (including phenoxy) is 1. The Hall–Kier alpha value is -1.36. The number of hydrogen-bond acceptors (Lipinski definition) is 5. The fourth-order valence-electron chi connectivity index (χ4n) is 1.56. The normalized spacial score (nSPS) is 11.3. The molecule has 0 aromatic carbocycles. The average Bonchev–Trinajstić information content (AvgIpc) is 2.37. The number of aliphatic hydroxyl groups is 1. The summed E-state index contributed by atoms with van der Waals surface area (Å²) in [5.74, 6) is 1.04. The summed E-state index contributed by atoms with van der Waals surface area (Å²) < 4.78 is 5.31. The average molecular weight is 239 g/mol. The van der Waals surface area contributed by atoms with Gasteiger partial charge in [0.2, 0.25) is 11.8 Å². The van der Waals surface area contributed by atoms with Crippen LogP contribution in [0.2, 0.25) is 0 Å². The molecular weight excluding hydrogens is 218 g/mol. The molecule has 5 nitrogen and oxygen atoms in total. The lowest BCUT2D eigenvalue weighted by atomic mass is 9.94. The third-order valence-corrected chi connectivity index (χ3v) is 2.96. The Kier molecular flexibility index (Phi) is 5.15. The number of aromatic nitrogens is 2. The first-order valence-electron chi connectivity index (χ1n) is 6.04. The van der Waals surface area contributed by atoms with Gasteiger partial charge in [-0.3, -0.25) is 0 Å². The Morgan fingerprint density at radius 1 is 1.35 bits per heavy atom. The molecule has 0 saturated carbocycles. The predicted molar refractivity (Wildman–Crippen MR) is 67.2 cm³/mol. The third kappa shape index (κ3) is 3.56. The molecule has 0 bridgehead atoms. The van der Waals surface area contributed by atoms with Gasteiger partial charge in [-0.2, -0.15) is 4.98 Å². The van der Waals surface area contributed by atoms with E-state index in [9.17, 15) is 5.11 Å². The molecule has 0 spiro atoms. The number of nitrogens with zero attached hydrogens (tertiary/aromatic N) is 2. The highest BCUT2D eigenvalue weighted by Crippen LogP contribution is 2.20. The van der Waals surface area contributed by atoms with E-state index in [1.807, 2.05) is 20.8 Å². The van der Waals surface area contributed by atoms with Gasteiger partial charge >= 0.3 is 0 Å². The van der Waals surface area contributed by atoms with E-state index in [0.717, 1.165) is 12.8 Å². The van der Waals surface area contributed by atoms with Gasteiger partial charge < -0.3 is 15.2 Å². The van der Waals surface area contributed by atoms with E-state index in [-0.39, 0.29) is 12.1 Å². The first-order valence-corrected chi connectivity index (χ1v) is 6.04. The van der Waals surface area contributed by atoms with E-state index < -0.39 is 0 Å². The maximum Gasteiger partial charge on any atom is 0.226 e. The van der Waals surface area contributed by atoms with Crippen LogP contribution in [-0.2, 0) is 0 Å². The third-order valence-electron chi connectivity index (χ3n) is 2.96. The molecule has 17 heavy (non-hydrogen) atoms. The molecule has 1 heterocycles. The second kappa shape index (κ2) is 6.39. The smallest absolute Gasteiger partial charge is 0.226 e. The number of aliphatic hydroxyl groups excluding tert-OH is 1. The first kappa shape index (κ1) is 13.7. The maximum absolute atomic E-state index is 9.46. The Balaban J connectivity index is 2.82. The van der Waals surface area contributed by atoms with Crippen LogP contribution >= 0.6 is 0 Å². The zero-order chi connectivity index (χ0) is 12.7. The minimum absolute atomic E-state index is 0.0578. The van der Waals surface area contributed by atoms with Gasteiger partial charge in [0.1, 0.15) is 0 Å². The fraction of sp³-hybridized carbons (Fsp3) is 0.667. The zero-order valence-electron chi connectivity index (χ0n) is 10.7. The summed E-state index contributed by atoms with van der Waals surface area (Å²) >= 11 is 0. The van der Waals surface area contributed by atoms with Gasteiger partial charge in [-0.1, -0.05) is 13.8 Å². The van der Waals surface area contributed by atoms with E-state index >= 15 is 0 Å². The fourth-order valence-corrected chi connectivity index (χ4v) is 1.56. The van der Waals surface area contributed by atoms with Crippen molar-refractivity contribution in [3.8, 4) is 5.88 Å². The topological polar surface area (TPSA) is 67.3 Å². The second-order valence-corrected chi connectivity index (χ2v) is 3.92. The lowest BCUT2D eigenvalue weighted by Crippen LogP contribution is -2.41. The summed E-state index contributed by atoms with van der Waals surface area (Å²) in [6.45, 7) is 6.59. The molecule has 2 N–H and O–H groups in total. The van der Waals surface area contributed by atoms with E-state index in [4.69, 9.17) is 4.74 Å². The molecular formula is C12H21N3O2. The highest BCUT2D eigenvalue weighted by Gasteiger charge is 2.25. The van der Waals surface area contributed by atoms with Crippen LogP contribution in [0, 0.1) is 0 Å². The summed E-state index contributed by atoms with van der Waals surface area (Å²) in [6, 6.07) is 1.72. The van der Waals surface area contributed by atoms with Gasteiger partial charge in [-0.15, -0.1) is 0 Å². The monoisotopic (exact) mass is 239 g/mol. The number of rotatable bonds is 7. The maximum atomic E-state index is 9.46. The molecule has 0 aliphatic heterocycles. The van der Waals surface area contributed by atoms with Gasteiger partial charge in [0.05, 0.1) is 18.8 Å². The van der Waals surface area contributed by atoms with Gasteiger partial charge in [-0.25, -0.2) is 4.98 Å². The van der Waals surface area contributed by atoms with Gasteiger partial charge in [0.25, 0.3) is 0 Å². The molecule has 1 aromatic rings. The molecule has 0 radical (unpaired) electrons. The van der Waals surface area contributed by atoms with Crippen molar-refractivity contribution in [2.45, 2.75) is 39.2 Å². The van der Waals surface area contributed by atoms with E-state index in [2.05, 4.69) is 15.3 Å². The van der Waals surface area contributed by atoms with Crippen molar-refractivity contribution in [1.29, 1.82) is 0 Å². The second-order valence-electron chi connectivity index (χ2n) is 3.92. The minimum atomic E-state index is -0.356. The molecule has 1 aromatic heterocycles. The highest BCUT2D eigenvalue weighted by molar-refractivity contribution is 5.31. The molecule has 96 valence electrons. The van der Waals surface area contributed by atoms with Crippen molar-refractivity contribution in [2.75, 3.05) is 18.5 Å². The van der Waals surface area contributed by atoms with Crippen LogP contribution in [-0.4, -0.2) is 33.8 Å². The summed E-state index contributed by atoms with van der Waals surface area (Å²) in [7, 11) is 0. The Bertz CT molecular complexity index is 332. The molecule has 0 atom stereocenters. The molecule has 1 rings (SSSR count). The van der Waals surface area contributed by atoms with E-state index in [1.54, 1.807) is 12.3 Å². The van der Waals surface area contributed by atoms with Crippen LogP contribution in [0.1, 0.15) is 33.6 Å². The van der Waals surface area contributed by atoms with Crippen molar-refractivity contribution in [3.63, 3.8) is 0 Å². The SMILES string of the molecule is CCOc1ccnc(NC(CC)(CC)CO)n1. The number of anilines is 1. The molecule has 0 aliphatic rings. The molecule has 0 aliphatic carbocycles. The molecule has 0 unspecified atom stereocenters. The van der Waals surface area contributed by atoms with Crippen molar-refractivity contribution in [2.24, 2.45) is 0 Å². The Morgan fingerprint density at radius 2 is 2.06 bits per heavy atom. The van der Waals surface area contributed by atoms with Crippen LogP contribution in [0.25, 0.3) is 0 Å². The van der Waals surface area contributed by atoms with Crippen LogP contribution in [0.5, 0.6) is 5.88 Å². The standard InChI is InChI=1S/C12H21N3O2/c1-4-12(5-2,9-16)15-11-13-8-7-10(14-11)17-6-3/h7-8,16H,4-6,9H2,1-3H3,(H,13,14,15). The lowest BCUT2D eigenvalue weighted by molar-refractivity contribution is 0.201. The van der Waals surface area contributed by atoms with Crippen LogP contribution in [0.4, 0.5) is 5.95 Å². The summed E-state index contributed by atoms with van der Waals surface area (Å²) in [6.07, 6.45) is 3.26. The Labute approximate surface area is 102 Å². The molecule has 0 amide bonds. The largest absolute Gasteiger partial charge is 0.478 e. The quantitative estimate of drug-likeness (QED) is 0.760. The lowest BCUT2D eigenvalue weighted by Gasteiger charge is -2.30. The van der Waals surface area contributed by atoms with E-state index in [1.165, 1.54) is 0 Å². The minimum Gasteiger partial charge on any atom is -0.478 e. The highest BCUT2D eigenvalue weighted by atomic mass is 16.5. The predicted octanol–water partition coefficient (Wildman–Crippen LogP) is 1.84. The summed E-state index contributed by atoms with van der Waals surface area (Å²) in [4.78, 5) is 8.37. The van der Waals surface area contributed by atoms with E-state index in [0.29, 0.717) is 18.4 Å². The summed E-state index contributed by atoms with van der Waals surface area (Å²) in [5.41, 5.74) is -0.356. The molecule has 0 fully saturated rings. The number of nitrogens with one attached hydrogen (secondary N) is 1. The molecule has 5 heteroatoms. The van der Waals surface area contributed by atoms with Gasteiger partial charge in [-0.05, 0) is 19.8 Å². The van der Waals surface area contributed by atoms with Crippen LogP contribution in [0.15, 0.2) is 12.3 Å². The zero-order valence-corrected chi connectivity index (χ0v) is 10.7. The van der Waals surface area contributed by atoms with Crippen molar-refractivity contribution >= 4 is 5.95 Å². The van der Waals surface area contributed by atoms with Crippen molar-refractivity contribution < 1.29 is 9.84 Å².